The third-order valence-corrected chi connectivity index (χ3v) is 5.13. The average Bonchev–Trinajstić information content (AvgIpc) is 3.15. The molecule has 0 radical (unpaired) electrons. The van der Waals surface area contributed by atoms with Crippen molar-refractivity contribution in [2.75, 3.05) is 9.66 Å². The van der Waals surface area contributed by atoms with Crippen molar-refractivity contribution in [2.45, 2.75) is 20.4 Å². The molecule has 142 valence electrons. The maximum Gasteiger partial charge on any atom is 0.222 e. The molecule has 4 rings (SSSR count). The van der Waals surface area contributed by atoms with Gasteiger partial charge in [0.2, 0.25) is 5.95 Å². The molecule has 0 atom stereocenters. The number of para-hydroxylation sites is 1. The average molecular weight is 437 g/mol. The first-order valence-corrected chi connectivity index (χ1v) is 9.83. The lowest BCUT2D eigenvalue weighted by Gasteiger charge is -2.18. The van der Waals surface area contributed by atoms with Gasteiger partial charge >= 0.3 is 0 Å². The van der Waals surface area contributed by atoms with Gasteiger partial charge in [0.15, 0.2) is 5.82 Å². The van der Waals surface area contributed by atoms with E-state index in [2.05, 4.69) is 57.3 Å². The van der Waals surface area contributed by atoms with Crippen LogP contribution in [0.3, 0.4) is 0 Å². The van der Waals surface area contributed by atoms with Gasteiger partial charge in [-0.05, 0) is 35.7 Å². The molecule has 2 aromatic heterocycles. The van der Waals surface area contributed by atoms with Crippen LogP contribution in [0.5, 0.6) is 0 Å². The first-order valence-electron chi connectivity index (χ1n) is 9.12. The first-order chi connectivity index (χ1) is 13.5. The van der Waals surface area contributed by atoms with Crippen LogP contribution >= 0.6 is 16.1 Å². The third-order valence-electron chi connectivity index (χ3n) is 4.38. The molecule has 2 N–H and O–H groups in total. The topological polar surface area (TPSA) is 72.9 Å². The Balaban J connectivity index is 1.80. The summed E-state index contributed by atoms with van der Waals surface area (Å²) < 4.78 is 3.82. The lowest BCUT2D eigenvalue weighted by Crippen LogP contribution is -2.07. The second kappa shape index (κ2) is 7.59. The van der Waals surface area contributed by atoms with Gasteiger partial charge in [-0.2, -0.15) is 10.1 Å². The minimum absolute atomic E-state index is 0.236. The monoisotopic (exact) mass is 436 g/mol. The van der Waals surface area contributed by atoms with E-state index in [1.54, 1.807) is 0 Å². The number of halogens is 1. The lowest BCUT2D eigenvalue weighted by atomic mass is 10.1. The zero-order chi connectivity index (χ0) is 19.7. The van der Waals surface area contributed by atoms with Gasteiger partial charge in [0, 0.05) is 23.7 Å². The number of nitrogens with two attached hydrogens (primary N) is 1. The summed E-state index contributed by atoms with van der Waals surface area (Å²) in [6.45, 7) is 5.25. The van der Waals surface area contributed by atoms with Gasteiger partial charge in [-0.3, -0.25) is 8.61 Å². The number of hydrogen-bond donors (Lipinski definition) is 1. The Morgan fingerprint density at radius 1 is 1.07 bits per heavy atom. The van der Waals surface area contributed by atoms with Gasteiger partial charge in [-0.15, -0.1) is 0 Å². The fourth-order valence-electron chi connectivity index (χ4n) is 3.13. The van der Waals surface area contributed by atoms with Crippen LogP contribution in [0.25, 0.3) is 22.0 Å². The summed E-state index contributed by atoms with van der Waals surface area (Å²) in [4.78, 5) is 8.87. The molecule has 0 aliphatic rings. The van der Waals surface area contributed by atoms with Crippen LogP contribution < -0.4 is 9.66 Å². The standard InChI is InChI=1S/C21H21BrN6/c1-14(2)12-27-13-16(11-24-27)15-8-9-19-18(10-15)20(26-21(23)25-19)28(22)17-6-4-3-5-7-17/h3-11,13-14H,12H2,1-2H3,(H2,23,25,26). The van der Waals surface area contributed by atoms with Gasteiger partial charge in [0.1, 0.15) is 0 Å². The van der Waals surface area contributed by atoms with Crippen molar-refractivity contribution in [3.63, 3.8) is 0 Å². The summed E-state index contributed by atoms with van der Waals surface area (Å²) in [6, 6.07) is 16.0. The van der Waals surface area contributed by atoms with Crippen LogP contribution in [0.1, 0.15) is 13.8 Å². The Hall–Kier alpha value is -2.93. The Morgan fingerprint density at radius 2 is 1.86 bits per heavy atom. The van der Waals surface area contributed by atoms with Crippen LogP contribution in [-0.2, 0) is 6.54 Å². The van der Waals surface area contributed by atoms with Crippen LogP contribution in [0, 0.1) is 5.92 Å². The van der Waals surface area contributed by atoms with Gasteiger partial charge in [0.05, 0.1) is 33.5 Å². The molecule has 0 spiro atoms. The summed E-state index contributed by atoms with van der Waals surface area (Å²) in [6.07, 6.45) is 3.96. The third kappa shape index (κ3) is 3.71. The van der Waals surface area contributed by atoms with Crippen LogP contribution in [-0.4, -0.2) is 19.7 Å². The summed E-state index contributed by atoms with van der Waals surface area (Å²) in [5.74, 6) is 1.48. The quantitative estimate of drug-likeness (QED) is 0.436. The van der Waals surface area contributed by atoms with E-state index in [0.29, 0.717) is 11.7 Å². The molecular weight excluding hydrogens is 416 g/mol. The molecule has 0 saturated heterocycles. The fraction of sp³-hybridized carbons (Fsp3) is 0.190. The molecule has 2 heterocycles. The fourth-order valence-corrected chi connectivity index (χ4v) is 3.63. The number of rotatable bonds is 5. The van der Waals surface area contributed by atoms with Crippen molar-refractivity contribution >= 4 is 44.5 Å². The molecule has 0 bridgehead atoms. The van der Waals surface area contributed by atoms with E-state index in [0.717, 1.165) is 34.3 Å². The largest absolute Gasteiger partial charge is 0.368 e. The van der Waals surface area contributed by atoms with E-state index in [-0.39, 0.29) is 5.95 Å². The highest BCUT2D eigenvalue weighted by atomic mass is 79.9. The minimum atomic E-state index is 0.236. The van der Waals surface area contributed by atoms with Crippen molar-refractivity contribution in [2.24, 2.45) is 5.92 Å². The molecule has 0 aliphatic carbocycles. The lowest BCUT2D eigenvalue weighted by molar-refractivity contribution is 0.483. The van der Waals surface area contributed by atoms with Crippen molar-refractivity contribution < 1.29 is 0 Å². The molecule has 7 heteroatoms. The second-order valence-electron chi connectivity index (χ2n) is 7.10. The molecule has 6 nitrogen and oxygen atoms in total. The highest BCUT2D eigenvalue weighted by Crippen LogP contribution is 2.35. The Kier molecular flexibility index (Phi) is 5.00. The predicted molar refractivity (Wildman–Crippen MR) is 118 cm³/mol. The van der Waals surface area contributed by atoms with E-state index in [1.807, 2.05) is 57.3 Å². The molecule has 0 amide bonds. The predicted octanol–water partition coefficient (Wildman–Crippen LogP) is 5.18. The van der Waals surface area contributed by atoms with E-state index in [1.165, 1.54) is 0 Å². The van der Waals surface area contributed by atoms with Crippen molar-refractivity contribution in [3.05, 3.63) is 60.9 Å². The summed E-state index contributed by atoms with van der Waals surface area (Å²) in [5.41, 5.74) is 9.83. The summed E-state index contributed by atoms with van der Waals surface area (Å²) in [7, 11) is 0. The zero-order valence-electron chi connectivity index (χ0n) is 15.7. The normalized spacial score (nSPS) is 11.3. The molecule has 0 saturated carbocycles. The van der Waals surface area contributed by atoms with E-state index < -0.39 is 0 Å². The molecule has 28 heavy (non-hydrogen) atoms. The number of nitrogens with zero attached hydrogens (tertiary/aromatic N) is 5. The SMILES string of the molecule is CC(C)Cn1cc(-c2ccc3nc(N)nc(N(Br)c4ccccc4)c3c2)cn1. The van der Waals surface area contributed by atoms with Crippen molar-refractivity contribution in [3.8, 4) is 11.1 Å². The van der Waals surface area contributed by atoms with E-state index >= 15 is 0 Å². The van der Waals surface area contributed by atoms with Crippen molar-refractivity contribution in [1.82, 2.24) is 19.7 Å². The molecule has 2 aromatic carbocycles. The number of nitrogen functional groups attached to an aromatic ring is 1. The van der Waals surface area contributed by atoms with Gasteiger partial charge in [-0.25, -0.2) is 4.98 Å². The highest BCUT2D eigenvalue weighted by Gasteiger charge is 2.15. The summed E-state index contributed by atoms with van der Waals surface area (Å²) in [5, 5.41) is 5.38. The number of aromatic nitrogens is 4. The van der Waals surface area contributed by atoms with Crippen LogP contribution in [0.15, 0.2) is 60.9 Å². The minimum Gasteiger partial charge on any atom is -0.368 e. The van der Waals surface area contributed by atoms with E-state index in [9.17, 15) is 0 Å². The molecule has 0 aliphatic heterocycles. The van der Waals surface area contributed by atoms with Crippen LogP contribution in [0.2, 0.25) is 0 Å². The maximum absolute atomic E-state index is 5.96. The summed E-state index contributed by atoms with van der Waals surface area (Å²) >= 11 is 3.63. The number of fused-ring (bicyclic) bond motifs is 1. The van der Waals surface area contributed by atoms with E-state index in [4.69, 9.17) is 5.73 Å². The maximum atomic E-state index is 5.96. The molecule has 0 fully saturated rings. The number of hydrogen-bond acceptors (Lipinski definition) is 5. The second-order valence-corrected chi connectivity index (χ2v) is 7.81. The molecule has 4 aromatic rings. The van der Waals surface area contributed by atoms with Crippen LogP contribution in [0.4, 0.5) is 17.5 Å². The van der Waals surface area contributed by atoms with Gasteiger partial charge in [0.25, 0.3) is 0 Å². The Bertz CT molecular complexity index is 1110. The van der Waals surface area contributed by atoms with Gasteiger partial charge < -0.3 is 5.73 Å². The first kappa shape index (κ1) is 18.4. The highest BCUT2D eigenvalue weighted by molar-refractivity contribution is 9.10. The zero-order valence-corrected chi connectivity index (χ0v) is 17.3. The number of benzene rings is 2. The molecular formula is C21H21BrN6. The molecule has 0 unspecified atom stereocenters. The Morgan fingerprint density at radius 3 is 2.61 bits per heavy atom. The van der Waals surface area contributed by atoms with Crippen molar-refractivity contribution in [1.29, 1.82) is 0 Å². The Labute approximate surface area is 172 Å². The van der Waals surface area contributed by atoms with Gasteiger partial charge in [-0.1, -0.05) is 38.1 Å². The number of anilines is 3. The smallest absolute Gasteiger partial charge is 0.222 e.